The second kappa shape index (κ2) is 10.0. The van der Waals surface area contributed by atoms with Crippen LogP contribution in [0.1, 0.15) is 38.2 Å². The lowest BCUT2D eigenvalue weighted by atomic mass is 10.2. The Morgan fingerprint density at radius 1 is 1.18 bits per heavy atom. The van der Waals surface area contributed by atoms with Gasteiger partial charge < -0.3 is 14.6 Å². The molecule has 0 saturated carbocycles. The Hall–Kier alpha value is -1.81. The third-order valence-corrected chi connectivity index (χ3v) is 3.62. The molecule has 0 spiro atoms. The summed E-state index contributed by atoms with van der Waals surface area (Å²) in [5, 5.41) is 3.49. The SMILES string of the molecule is CCCCCOc1ccccc1CNCCCn1ccnc1. The summed E-state index contributed by atoms with van der Waals surface area (Å²) in [4.78, 5) is 4.05. The van der Waals surface area contributed by atoms with Crippen LogP contribution in [0.5, 0.6) is 5.75 Å². The Balaban J connectivity index is 1.67. The number of nitrogens with one attached hydrogen (secondary N) is 1. The van der Waals surface area contributed by atoms with E-state index in [1.165, 1.54) is 18.4 Å². The fourth-order valence-electron chi connectivity index (χ4n) is 2.35. The maximum absolute atomic E-state index is 5.90. The molecule has 4 nitrogen and oxygen atoms in total. The molecule has 0 fully saturated rings. The molecule has 0 aliphatic carbocycles. The summed E-state index contributed by atoms with van der Waals surface area (Å²) in [5.41, 5.74) is 1.24. The van der Waals surface area contributed by atoms with Crippen LogP contribution >= 0.6 is 0 Å². The number of aryl methyl sites for hydroxylation is 1. The number of rotatable bonds is 11. The Labute approximate surface area is 133 Å². The maximum atomic E-state index is 5.90. The highest BCUT2D eigenvalue weighted by molar-refractivity contribution is 5.33. The summed E-state index contributed by atoms with van der Waals surface area (Å²) < 4.78 is 8.01. The molecule has 4 heteroatoms. The molecule has 2 aromatic rings. The topological polar surface area (TPSA) is 39.1 Å². The molecule has 0 unspecified atom stereocenters. The molecule has 120 valence electrons. The first-order valence-electron chi connectivity index (χ1n) is 8.27. The van der Waals surface area contributed by atoms with Crippen LogP contribution in [0.3, 0.4) is 0 Å². The first-order chi connectivity index (χ1) is 10.9. The number of imidazole rings is 1. The number of unbranched alkanes of at least 4 members (excludes halogenated alkanes) is 2. The van der Waals surface area contributed by atoms with Crippen molar-refractivity contribution in [3.63, 3.8) is 0 Å². The number of nitrogens with zero attached hydrogens (tertiary/aromatic N) is 2. The maximum Gasteiger partial charge on any atom is 0.123 e. The summed E-state index contributed by atoms with van der Waals surface area (Å²) in [6, 6.07) is 8.31. The van der Waals surface area contributed by atoms with Crippen molar-refractivity contribution >= 4 is 0 Å². The third-order valence-electron chi connectivity index (χ3n) is 3.62. The molecule has 1 aromatic carbocycles. The van der Waals surface area contributed by atoms with Crippen molar-refractivity contribution < 1.29 is 4.74 Å². The van der Waals surface area contributed by atoms with Crippen LogP contribution in [0.2, 0.25) is 0 Å². The van der Waals surface area contributed by atoms with Crippen LogP contribution < -0.4 is 10.1 Å². The van der Waals surface area contributed by atoms with E-state index >= 15 is 0 Å². The van der Waals surface area contributed by atoms with Crippen LogP contribution in [0.4, 0.5) is 0 Å². The van der Waals surface area contributed by atoms with Gasteiger partial charge in [-0.3, -0.25) is 0 Å². The fourth-order valence-corrected chi connectivity index (χ4v) is 2.35. The van der Waals surface area contributed by atoms with Crippen molar-refractivity contribution in [2.24, 2.45) is 0 Å². The predicted octanol–water partition coefficient (Wildman–Crippen LogP) is 3.63. The lowest BCUT2D eigenvalue weighted by Gasteiger charge is -2.12. The number of hydrogen-bond donors (Lipinski definition) is 1. The van der Waals surface area contributed by atoms with Gasteiger partial charge in [-0.1, -0.05) is 38.0 Å². The van der Waals surface area contributed by atoms with Crippen LogP contribution in [-0.4, -0.2) is 22.7 Å². The highest BCUT2D eigenvalue weighted by Crippen LogP contribution is 2.18. The molecular weight excluding hydrogens is 274 g/mol. The Bertz CT molecular complexity index is 511. The van der Waals surface area contributed by atoms with Crippen molar-refractivity contribution in [1.82, 2.24) is 14.9 Å². The molecule has 0 aliphatic rings. The monoisotopic (exact) mass is 301 g/mol. The zero-order chi connectivity index (χ0) is 15.5. The summed E-state index contributed by atoms with van der Waals surface area (Å²) in [6.45, 7) is 5.87. The minimum atomic E-state index is 0.811. The Morgan fingerprint density at radius 2 is 2.09 bits per heavy atom. The van der Waals surface area contributed by atoms with Gasteiger partial charge in [0.1, 0.15) is 5.75 Å². The van der Waals surface area contributed by atoms with E-state index in [-0.39, 0.29) is 0 Å². The number of benzene rings is 1. The first-order valence-corrected chi connectivity index (χ1v) is 8.27. The van der Waals surface area contributed by atoms with Crippen LogP contribution in [0, 0.1) is 0 Å². The number of ether oxygens (including phenoxy) is 1. The predicted molar refractivity (Wildman–Crippen MR) is 90.0 cm³/mol. The molecule has 0 aliphatic heterocycles. The molecule has 0 radical (unpaired) electrons. The van der Waals surface area contributed by atoms with Gasteiger partial charge in [-0.25, -0.2) is 4.98 Å². The number of aromatic nitrogens is 2. The standard InChI is InChI=1S/C18H27N3O/c1-2-3-6-14-22-18-9-5-4-8-17(18)15-19-10-7-12-21-13-11-20-16-21/h4-5,8-9,11,13,16,19H,2-3,6-7,10,12,14-15H2,1H3. The highest BCUT2D eigenvalue weighted by atomic mass is 16.5. The van der Waals surface area contributed by atoms with Crippen molar-refractivity contribution in [2.75, 3.05) is 13.2 Å². The third kappa shape index (κ3) is 5.90. The zero-order valence-electron chi connectivity index (χ0n) is 13.5. The van der Waals surface area contributed by atoms with Crippen molar-refractivity contribution in [3.8, 4) is 5.75 Å². The molecular formula is C18H27N3O. The molecule has 2 rings (SSSR count). The molecule has 1 N–H and O–H groups in total. The molecule has 0 amide bonds. The largest absolute Gasteiger partial charge is 0.493 e. The van der Waals surface area contributed by atoms with E-state index in [9.17, 15) is 0 Å². The molecule has 1 heterocycles. The minimum Gasteiger partial charge on any atom is -0.493 e. The summed E-state index contributed by atoms with van der Waals surface area (Å²) in [6.07, 6.45) is 10.4. The lowest BCUT2D eigenvalue weighted by Crippen LogP contribution is -2.17. The second-order valence-corrected chi connectivity index (χ2v) is 5.49. The van der Waals surface area contributed by atoms with Crippen molar-refractivity contribution in [2.45, 2.75) is 45.7 Å². The van der Waals surface area contributed by atoms with Gasteiger partial charge in [0, 0.05) is 31.0 Å². The van der Waals surface area contributed by atoms with E-state index in [0.717, 1.165) is 44.8 Å². The van der Waals surface area contributed by atoms with E-state index < -0.39 is 0 Å². The molecule has 1 aromatic heterocycles. The minimum absolute atomic E-state index is 0.811. The van der Waals surface area contributed by atoms with Crippen molar-refractivity contribution in [3.05, 3.63) is 48.5 Å². The Morgan fingerprint density at radius 3 is 2.91 bits per heavy atom. The van der Waals surface area contributed by atoms with E-state index in [0.29, 0.717) is 0 Å². The summed E-state index contributed by atoms with van der Waals surface area (Å²) >= 11 is 0. The average Bonchev–Trinajstić information content (AvgIpc) is 3.06. The van der Waals surface area contributed by atoms with Gasteiger partial charge in [0.2, 0.25) is 0 Å². The number of hydrogen-bond acceptors (Lipinski definition) is 3. The average molecular weight is 301 g/mol. The van der Waals surface area contributed by atoms with Crippen molar-refractivity contribution in [1.29, 1.82) is 0 Å². The van der Waals surface area contributed by atoms with Crippen LogP contribution in [0.25, 0.3) is 0 Å². The van der Waals surface area contributed by atoms with Gasteiger partial charge in [0.05, 0.1) is 12.9 Å². The van der Waals surface area contributed by atoms with Gasteiger partial charge >= 0.3 is 0 Å². The van der Waals surface area contributed by atoms with E-state index in [1.54, 1.807) is 0 Å². The second-order valence-electron chi connectivity index (χ2n) is 5.49. The zero-order valence-corrected chi connectivity index (χ0v) is 13.5. The normalized spacial score (nSPS) is 10.8. The molecule has 0 saturated heterocycles. The smallest absolute Gasteiger partial charge is 0.123 e. The quantitative estimate of drug-likeness (QED) is 0.644. The summed E-state index contributed by atoms with van der Waals surface area (Å²) in [7, 11) is 0. The van der Waals surface area contributed by atoms with Gasteiger partial charge in [0.25, 0.3) is 0 Å². The van der Waals surface area contributed by atoms with E-state index in [4.69, 9.17) is 4.74 Å². The summed E-state index contributed by atoms with van der Waals surface area (Å²) in [5.74, 6) is 1.01. The van der Waals surface area contributed by atoms with Gasteiger partial charge in [-0.15, -0.1) is 0 Å². The molecule has 22 heavy (non-hydrogen) atoms. The molecule has 0 bridgehead atoms. The first kappa shape index (κ1) is 16.6. The molecule has 0 atom stereocenters. The Kier molecular flexibility index (Phi) is 7.53. The lowest BCUT2D eigenvalue weighted by molar-refractivity contribution is 0.302. The van der Waals surface area contributed by atoms with Gasteiger partial charge in [-0.2, -0.15) is 0 Å². The highest BCUT2D eigenvalue weighted by Gasteiger charge is 2.02. The van der Waals surface area contributed by atoms with E-state index in [1.807, 2.05) is 24.8 Å². The van der Waals surface area contributed by atoms with Crippen LogP contribution in [0.15, 0.2) is 43.0 Å². The number of para-hydroxylation sites is 1. The van der Waals surface area contributed by atoms with E-state index in [2.05, 4.69) is 40.0 Å². The van der Waals surface area contributed by atoms with Gasteiger partial charge in [0.15, 0.2) is 0 Å². The van der Waals surface area contributed by atoms with Crippen LogP contribution in [-0.2, 0) is 13.1 Å². The fraction of sp³-hybridized carbons (Fsp3) is 0.500. The van der Waals surface area contributed by atoms with Gasteiger partial charge in [-0.05, 0) is 25.5 Å².